The number of rotatable bonds is 8. The lowest BCUT2D eigenvalue weighted by Gasteiger charge is -2.18. The summed E-state index contributed by atoms with van der Waals surface area (Å²) in [5.41, 5.74) is 0. The zero-order valence-electron chi connectivity index (χ0n) is 14.8. The average molecular weight is 477 g/mol. The Morgan fingerprint density at radius 1 is 1.27 bits per heavy atom. The molecular weight excluding hydrogens is 452 g/mol. The number of benzene rings is 1. The quantitative estimate of drug-likeness (QED) is 0.310. The third-order valence-electron chi connectivity index (χ3n) is 3.36. The van der Waals surface area contributed by atoms with E-state index in [1.807, 2.05) is 13.8 Å². The largest absolute Gasteiger partial charge is 0.486 e. The van der Waals surface area contributed by atoms with Crippen LogP contribution in [0.5, 0.6) is 5.75 Å². The number of ether oxygens (including phenoxy) is 1. The Bertz CT molecular complexity index is 667. The second-order valence-corrected chi connectivity index (χ2v) is 5.49. The molecule has 1 aromatic heterocycles. The van der Waals surface area contributed by atoms with Gasteiger partial charge in [0.15, 0.2) is 17.5 Å². The molecule has 2 unspecified atom stereocenters. The summed E-state index contributed by atoms with van der Waals surface area (Å²) < 4.78 is 24.3. The molecule has 0 aliphatic heterocycles. The fourth-order valence-corrected chi connectivity index (χ4v) is 2.13. The molecule has 1 aromatic carbocycles. The van der Waals surface area contributed by atoms with Crippen molar-refractivity contribution in [1.29, 1.82) is 0 Å². The summed E-state index contributed by atoms with van der Waals surface area (Å²) >= 11 is 0. The van der Waals surface area contributed by atoms with Gasteiger partial charge < -0.3 is 24.9 Å². The van der Waals surface area contributed by atoms with Gasteiger partial charge in [0.05, 0.1) is 19.4 Å². The van der Waals surface area contributed by atoms with E-state index in [0.29, 0.717) is 24.8 Å². The number of furan rings is 1. The molecule has 0 radical (unpaired) electrons. The van der Waals surface area contributed by atoms with E-state index in [9.17, 15) is 9.50 Å². The number of aliphatic hydroxyl groups excluding tert-OH is 1. The summed E-state index contributed by atoms with van der Waals surface area (Å²) in [4.78, 5) is 4.32. The van der Waals surface area contributed by atoms with Crippen molar-refractivity contribution in [2.24, 2.45) is 4.99 Å². The van der Waals surface area contributed by atoms with Gasteiger partial charge in [-0.25, -0.2) is 4.39 Å². The monoisotopic (exact) mass is 477 g/mol. The van der Waals surface area contributed by atoms with Crippen LogP contribution in [0.3, 0.4) is 0 Å². The van der Waals surface area contributed by atoms with E-state index in [1.54, 1.807) is 30.3 Å². The van der Waals surface area contributed by atoms with Gasteiger partial charge in [0, 0.05) is 6.54 Å². The van der Waals surface area contributed by atoms with Crippen LogP contribution in [0.1, 0.15) is 25.7 Å². The Labute approximate surface area is 169 Å². The number of aliphatic hydroxyl groups is 1. The first-order valence-electron chi connectivity index (χ1n) is 8.25. The van der Waals surface area contributed by atoms with Gasteiger partial charge in [-0.1, -0.05) is 12.1 Å². The molecule has 3 N–H and O–H groups in total. The predicted octanol–water partition coefficient (Wildman–Crippen LogP) is 3.09. The van der Waals surface area contributed by atoms with Gasteiger partial charge in [0.25, 0.3) is 0 Å². The molecule has 0 fully saturated rings. The minimum absolute atomic E-state index is 0. The lowest BCUT2D eigenvalue weighted by Crippen LogP contribution is -2.42. The van der Waals surface area contributed by atoms with Gasteiger partial charge in [-0.2, -0.15) is 0 Å². The Balaban J connectivity index is 0.00000338. The molecule has 144 valence electrons. The lowest BCUT2D eigenvalue weighted by molar-refractivity contribution is 0.158. The first kappa shape index (κ1) is 22.2. The van der Waals surface area contributed by atoms with Gasteiger partial charge in [-0.3, -0.25) is 4.99 Å². The number of para-hydroxylation sites is 1. The van der Waals surface area contributed by atoms with E-state index in [4.69, 9.17) is 9.15 Å². The van der Waals surface area contributed by atoms with Crippen molar-refractivity contribution >= 4 is 29.9 Å². The van der Waals surface area contributed by atoms with Crippen molar-refractivity contribution in [3.05, 3.63) is 54.2 Å². The van der Waals surface area contributed by atoms with Crippen molar-refractivity contribution < 1.29 is 18.7 Å². The van der Waals surface area contributed by atoms with Crippen LogP contribution in [0.25, 0.3) is 0 Å². The molecule has 0 aliphatic carbocycles. The lowest BCUT2D eigenvalue weighted by atomic mass is 10.3. The standard InChI is InChI=1S/C18H24FN3O3.HI/c1-3-20-18(22-12-15(23)17-9-6-10-24-17)21-11-13(2)25-16-8-5-4-7-14(16)19;/h4-10,13,15,23H,3,11-12H2,1-2H3,(H2,20,21,22);1H. The minimum Gasteiger partial charge on any atom is -0.486 e. The molecule has 6 nitrogen and oxygen atoms in total. The smallest absolute Gasteiger partial charge is 0.191 e. The third-order valence-corrected chi connectivity index (χ3v) is 3.36. The maximum absolute atomic E-state index is 13.6. The predicted molar refractivity (Wildman–Crippen MR) is 110 cm³/mol. The summed E-state index contributed by atoms with van der Waals surface area (Å²) in [6, 6.07) is 9.70. The molecule has 2 aromatic rings. The first-order chi connectivity index (χ1) is 12.1. The Hall–Kier alpha value is -1.81. The zero-order valence-corrected chi connectivity index (χ0v) is 17.1. The van der Waals surface area contributed by atoms with Crippen LogP contribution in [-0.2, 0) is 0 Å². The van der Waals surface area contributed by atoms with Crippen LogP contribution in [0.4, 0.5) is 4.39 Å². The van der Waals surface area contributed by atoms with E-state index in [2.05, 4.69) is 15.6 Å². The van der Waals surface area contributed by atoms with Crippen molar-refractivity contribution in [3.8, 4) is 5.75 Å². The molecule has 0 saturated heterocycles. The SMILES string of the molecule is CCNC(=NCC(O)c1ccco1)NCC(C)Oc1ccccc1F.I. The summed E-state index contributed by atoms with van der Waals surface area (Å²) in [7, 11) is 0. The van der Waals surface area contributed by atoms with Crippen LogP contribution >= 0.6 is 24.0 Å². The summed E-state index contributed by atoms with van der Waals surface area (Å²) in [5, 5.41) is 16.2. The van der Waals surface area contributed by atoms with Gasteiger partial charge in [0.1, 0.15) is 18.0 Å². The summed E-state index contributed by atoms with van der Waals surface area (Å²) in [5.74, 6) is 0.830. The van der Waals surface area contributed by atoms with Crippen LogP contribution in [0.15, 0.2) is 52.1 Å². The van der Waals surface area contributed by atoms with Crippen LogP contribution < -0.4 is 15.4 Å². The fraction of sp³-hybridized carbons (Fsp3) is 0.389. The maximum atomic E-state index is 13.6. The highest BCUT2D eigenvalue weighted by atomic mass is 127. The molecule has 0 amide bonds. The molecule has 0 bridgehead atoms. The van der Waals surface area contributed by atoms with E-state index >= 15 is 0 Å². The molecule has 0 spiro atoms. The van der Waals surface area contributed by atoms with Gasteiger partial charge >= 0.3 is 0 Å². The number of aliphatic imine (C=N–C) groups is 1. The van der Waals surface area contributed by atoms with Gasteiger partial charge in [-0.15, -0.1) is 24.0 Å². The minimum atomic E-state index is -0.808. The maximum Gasteiger partial charge on any atom is 0.191 e. The van der Waals surface area contributed by atoms with Crippen LogP contribution in [0, 0.1) is 5.82 Å². The Morgan fingerprint density at radius 3 is 2.69 bits per heavy atom. The molecule has 8 heteroatoms. The fourth-order valence-electron chi connectivity index (χ4n) is 2.13. The molecule has 1 heterocycles. The summed E-state index contributed by atoms with van der Waals surface area (Å²) in [6.07, 6.45) is 0.432. The topological polar surface area (TPSA) is 79.0 Å². The molecule has 2 rings (SSSR count). The first-order valence-corrected chi connectivity index (χ1v) is 8.25. The second kappa shape index (κ2) is 11.7. The molecule has 26 heavy (non-hydrogen) atoms. The third kappa shape index (κ3) is 7.20. The molecule has 2 atom stereocenters. The number of nitrogens with zero attached hydrogens (tertiary/aromatic N) is 1. The normalized spacial score (nSPS) is 13.5. The van der Waals surface area contributed by atoms with Crippen molar-refractivity contribution in [2.45, 2.75) is 26.1 Å². The zero-order chi connectivity index (χ0) is 18.1. The van der Waals surface area contributed by atoms with E-state index in [0.717, 1.165) is 0 Å². The van der Waals surface area contributed by atoms with Crippen molar-refractivity contribution in [2.75, 3.05) is 19.6 Å². The Kier molecular flexibility index (Phi) is 10.0. The number of nitrogens with one attached hydrogen (secondary N) is 2. The molecule has 0 aliphatic rings. The highest BCUT2D eigenvalue weighted by Crippen LogP contribution is 2.16. The second-order valence-electron chi connectivity index (χ2n) is 5.49. The van der Waals surface area contributed by atoms with Gasteiger partial charge in [0.2, 0.25) is 0 Å². The van der Waals surface area contributed by atoms with Crippen LogP contribution in [0.2, 0.25) is 0 Å². The number of hydrogen-bond acceptors (Lipinski definition) is 4. The summed E-state index contributed by atoms with van der Waals surface area (Å²) in [6.45, 7) is 5.04. The number of halogens is 2. The average Bonchev–Trinajstić information content (AvgIpc) is 3.14. The Morgan fingerprint density at radius 2 is 2.04 bits per heavy atom. The highest BCUT2D eigenvalue weighted by molar-refractivity contribution is 14.0. The van der Waals surface area contributed by atoms with Crippen molar-refractivity contribution in [3.63, 3.8) is 0 Å². The molecule has 0 saturated carbocycles. The van der Waals surface area contributed by atoms with Crippen LogP contribution in [-0.4, -0.2) is 36.8 Å². The highest BCUT2D eigenvalue weighted by Gasteiger charge is 2.11. The van der Waals surface area contributed by atoms with Crippen molar-refractivity contribution in [1.82, 2.24) is 10.6 Å². The van der Waals surface area contributed by atoms with Gasteiger partial charge in [-0.05, 0) is 38.1 Å². The number of guanidine groups is 1. The number of hydrogen-bond donors (Lipinski definition) is 3. The molecular formula is C18H25FIN3O3. The van der Waals surface area contributed by atoms with E-state index in [-0.39, 0.29) is 42.4 Å². The van der Waals surface area contributed by atoms with E-state index < -0.39 is 11.9 Å². The van der Waals surface area contributed by atoms with E-state index in [1.165, 1.54) is 12.3 Å².